The van der Waals surface area contributed by atoms with Crippen molar-refractivity contribution in [2.45, 2.75) is 20.1 Å². The Balaban J connectivity index is 2.16. The lowest BCUT2D eigenvalue weighted by molar-refractivity contribution is -0.114. The number of hydrogen-bond donors (Lipinski definition) is 2. The topological polar surface area (TPSA) is 68.8 Å². The number of carbonyl (C=O) groups excluding carboxylic acids is 1. The number of halogens is 3. The second-order valence-corrected chi connectivity index (χ2v) is 6.29. The molecule has 146 valence electrons. The molecular weight excluding hydrogens is 426 g/mol. The predicted molar refractivity (Wildman–Crippen MR) is 102 cm³/mol. The lowest BCUT2D eigenvalue weighted by Crippen LogP contribution is -2.08. The quantitative estimate of drug-likeness (QED) is 0.620. The first-order chi connectivity index (χ1) is 12.8. The Morgan fingerprint density at radius 1 is 1.15 bits per heavy atom. The number of amides is 1. The minimum Gasteiger partial charge on any atom is -0.494 e. The number of ether oxygens (including phenoxy) is 3. The van der Waals surface area contributed by atoms with Gasteiger partial charge in [0.25, 0.3) is 0 Å². The maximum atomic E-state index is 12.5. The molecule has 0 atom stereocenters. The van der Waals surface area contributed by atoms with E-state index in [0.29, 0.717) is 22.5 Å². The highest BCUT2D eigenvalue weighted by Crippen LogP contribution is 2.38. The second-order valence-electron chi connectivity index (χ2n) is 5.44. The van der Waals surface area contributed by atoms with Crippen molar-refractivity contribution >= 4 is 33.2 Å². The predicted octanol–water partition coefficient (Wildman–Crippen LogP) is 4.64. The van der Waals surface area contributed by atoms with E-state index in [1.54, 1.807) is 30.3 Å². The third-order valence-electron chi connectivity index (χ3n) is 3.51. The van der Waals surface area contributed by atoms with E-state index in [9.17, 15) is 13.6 Å². The Morgan fingerprint density at radius 2 is 1.85 bits per heavy atom. The molecule has 0 fully saturated rings. The van der Waals surface area contributed by atoms with Crippen LogP contribution in [-0.4, -0.2) is 26.7 Å². The highest BCUT2D eigenvalue weighted by atomic mass is 79.9. The first-order valence-corrected chi connectivity index (χ1v) is 8.64. The Morgan fingerprint density at radius 3 is 2.44 bits per heavy atom. The third kappa shape index (κ3) is 5.72. The van der Waals surface area contributed by atoms with Crippen LogP contribution >= 0.6 is 15.9 Å². The molecule has 0 saturated carbocycles. The lowest BCUT2D eigenvalue weighted by Gasteiger charge is -2.15. The van der Waals surface area contributed by atoms with Gasteiger partial charge in [0.1, 0.15) is 5.75 Å². The average Bonchev–Trinajstić information content (AvgIpc) is 2.61. The van der Waals surface area contributed by atoms with Crippen LogP contribution in [0.1, 0.15) is 12.5 Å². The fraction of sp³-hybridized carbons (Fsp3) is 0.278. The summed E-state index contributed by atoms with van der Waals surface area (Å²) in [6.45, 7) is -1.14. The van der Waals surface area contributed by atoms with Crippen molar-refractivity contribution in [3.05, 3.63) is 40.4 Å². The van der Waals surface area contributed by atoms with Crippen LogP contribution in [0, 0.1) is 0 Å². The highest BCUT2D eigenvalue weighted by molar-refractivity contribution is 9.10. The molecule has 0 aliphatic carbocycles. The normalized spacial score (nSPS) is 10.5. The van der Waals surface area contributed by atoms with Gasteiger partial charge in [-0.3, -0.25) is 4.79 Å². The number of benzene rings is 2. The largest absolute Gasteiger partial charge is 0.494 e. The average molecular weight is 445 g/mol. The molecule has 0 heterocycles. The summed E-state index contributed by atoms with van der Waals surface area (Å²) in [5.74, 6) is 0.448. The molecule has 0 radical (unpaired) electrons. The number of methoxy groups -OCH3 is 2. The molecule has 2 aromatic carbocycles. The zero-order chi connectivity index (χ0) is 20.0. The van der Waals surface area contributed by atoms with Crippen LogP contribution < -0.4 is 24.8 Å². The smallest absolute Gasteiger partial charge is 0.387 e. The van der Waals surface area contributed by atoms with E-state index in [-0.39, 0.29) is 17.4 Å². The molecule has 0 unspecified atom stereocenters. The van der Waals surface area contributed by atoms with Gasteiger partial charge in [0, 0.05) is 25.2 Å². The van der Waals surface area contributed by atoms with Crippen molar-refractivity contribution in [2.24, 2.45) is 0 Å². The molecule has 0 aliphatic heterocycles. The zero-order valence-electron chi connectivity index (χ0n) is 14.9. The van der Waals surface area contributed by atoms with Crippen molar-refractivity contribution in [1.82, 2.24) is 0 Å². The maximum Gasteiger partial charge on any atom is 0.387 e. The van der Waals surface area contributed by atoms with E-state index in [1.165, 1.54) is 21.1 Å². The molecule has 2 aromatic rings. The van der Waals surface area contributed by atoms with Crippen LogP contribution in [0.15, 0.2) is 34.8 Å². The number of rotatable bonds is 8. The summed E-state index contributed by atoms with van der Waals surface area (Å²) in [4.78, 5) is 11.2. The van der Waals surface area contributed by atoms with Crippen molar-refractivity contribution < 1.29 is 27.8 Å². The highest BCUT2D eigenvalue weighted by Gasteiger charge is 2.16. The zero-order valence-corrected chi connectivity index (χ0v) is 16.5. The molecule has 27 heavy (non-hydrogen) atoms. The van der Waals surface area contributed by atoms with E-state index in [2.05, 4.69) is 31.3 Å². The Kier molecular flexibility index (Phi) is 7.23. The number of anilines is 2. The van der Waals surface area contributed by atoms with E-state index in [4.69, 9.17) is 9.47 Å². The first-order valence-electron chi connectivity index (χ1n) is 7.84. The van der Waals surface area contributed by atoms with E-state index < -0.39 is 6.61 Å². The molecule has 9 heteroatoms. The minimum atomic E-state index is -2.95. The van der Waals surface area contributed by atoms with Crippen LogP contribution in [0.25, 0.3) is 0 Å². The summed E-state index contributed by atoms with van der Waals surface area (Å²) in [6.07, 6.45) is 0. The SMILES string of the molecule is COc1cc(NCc2cc(Br)c(OC(F)F)c(OC)c2)ccc1NC(C)=O. The summed E-state index contributed by atoms with van der Waals surface area (Å²) >= 11 is 3.22. The molecule has 0 spiro atoms. The van der Waals surface area contributed by atoms with Gasteiger partial charge in [-0.15, -0.1) is 0 Å². The number of alkyl halides is 2. The summed E-state index contributed by atoms with van der Waals surface area (Å²) in [5, 5.41) is 5.88. The van der Waals surface area contributed by atoms with Gasteiger partial charge >= 0.3 is 6.61 Å². The number of carbonyl (C=O) groups is 1. The molecular formula is C18H19BrF2N2O4. The molecule has 0 aromatic heterocycles. The van der Waals surface area contributed by atoms with Crippen LogP contribution in [0.5, 0.6) is 17.2 Å². The summed E-state index contributed by atoms with van der Waals surface area (Å²) in [5.41, 5.74) is 2.10. The van der Waals surface area contributed by atoms with Crippen LogP contribution in [0.2, 0.25) is 0 Å². The molecule has 1 amide bonds. The number of hydrogen-bond acceptors (Lipinski definition) is 5. The van der Waals surface area contributed by atoms with Crippen molar-refractivity contribution in [3.8, 4) is 17.2 Å². The molecule has 0 bridgehead atoms. The van der Waals surface area contributed by atoms with Crippen molar-refractivity contribution in [2.75, 3.05) is 24.9 Å². The lowest BCUT2D eigenvalue weighted by atomic mass is 10.2. The van der Waals surface area contributed by atoms with Gasteiger partial charge in [-0.1, -0.05) is 0 Å². The van der Waals surface area contributed by atoms with Gasteiger partial charge in [-0.25, -0.2) is 0 Å². The van der Waals surface area contributed by atoms with Gasteiger partial charge in [0.15, 0.2) is 11.5 Å². The van der Waals surface area contributed by atoms with Gasteiger partial charge in [-0.2, -0.15) is 8.78 Å². The standard InChI is InChI=1S/C18H19BrF2N2O4/c1-10(24)23-14-5-4-12(8-15(14)25-2)22-9-11-6-13(19)17(27-18(20)21)16(7-11)26-3/h4-8,18,22H,9H2,1-3H3,(H,23,24). The molecule has 0 saturated heterocycles. The Bertz CT molecular complexity index is 818. The van der Waals surface area contributed by atoms with Crippen LogP contribution in [0.3, 0.4) is 0 Å². The van der Waals surface area contributed by atoms with Crippen molar-refractivity contribution in [1.29, 1.82) is 0 Å². The molecule has 2 rings (SSSR count). The van der Waals surface area contributed by atoms with Gasteiger partial charge in [-0.05, 0) is 45.8 Å². The van der Waals surface area contributed by atoms with E-state index >= 15 is 0 Å². The number of nitrogens with one attached hydrogen (secondary N) is 2. The Hall–Kier alpha value is -2.55. The van der Waals surface area contributed by atoms with Gasteiger partial charge in [0.05, 0.1) is 24.4 Å². The molecule has 0 aliphatic rings. The second kappa shape index (κ2) is 9.40. The first kappa shape index (κ1) is 20.8. The van der Waals surface area contributed by atoms with E-state index in [0.717, 1.165) is 11.3 Å². The van der Waals surface area contributed by atoms with Gasteiger partial charge < -0.3 is 24.8 Å². The van der Waals surface area contributed by atoms with E-state index in [1.807, 2.05) is 0 Å². The van der Waals surface area contributed by atoms with Crippen LogP contribution in [0.4, 0.5) is 20.2 Å². The van der Waals surface area contributed by atoms with Crippen LogP contribution in [-0.2, 0) is 11.3 Å². The third-order valence-corrected chi connectivity index (χ3v) is 4.09. The fourth-order valence-electron chi connectivity index (χ4n) is 2.38. The summed E-state index contributed by atoms with van der Waals surface area (Å²) in [6, 6.07) is 8.52. The van der Waals surface area contributed by atoms with Crippen molar-refractivity contribution in [3.63, 3.8) is 0 Å². The minimum absolute atomic E-state index is 0.0578. The summed E-state index contributed by atoms with van der Waals surface area (Å²) in [7, 11) is 2.89. The molecule has 2 N–H and O–H groups in total. The Labute approximate surface area is 163 Å². The fourth-order valence-corrected chi connectivity index (χ4v) is 2.96. The maximum absolute atomic E-state index is 12.5. The molecule has 6 nitrogen and oxygen atoms in total. The monoisotopic (exact) mass is 444 g/mol. The summed E-state index contributed by atoms with van der Waals surface area (Å²) < 4.78 is 40.3. The van der Waals surface area contributed by atoms with Gasteiger partial charge in [0.2, 0.25) is 5.91 Å².